The predicted octanol–water partition coefficient (Wildman–Crippen LogP) is 0.189. The molecular weight excluding hydrogens is 354 g/mol. The maximum absolute atomic E-state index is 13.0. The molecule has 1 aromatic heterocycles. The van der Waals surface area contributed by atoms with E-state index in [-0.39, 0.29) is 18.5 Å². The molecule has 140 valence electrons. The lowest BCUT2D eigenvalue weighted by Crippen LogP contribution is -2.59. The zero-order chi connectivity index (χ0) is 18.4. The molecule has 1 saturated heterocycles. The lowest BCUT2D eigenvalue weighted by Gasteiger charge is -2.43. The van der Waals surface area contributed by atoms with E-state index in [1.165, 1.54) is 4.31 Å². The number of hydrogen-bond donors (Lipinski definition) is 1. The van der Waals surface area contributed by atoms with E-state index in [1.54, 1.807) is 17.7 Å². The summed E-state index contributed by atoms with van der Waals surface area (Å²) in [6.45, 7) is 2.79. The van der Waals surface area contributed by atoms with Gasteiger partial charge in [0.05, 0.1) is 11.6 Å². The Morgan fingerprint density at radius 3 is 2.92 bits per heavy atom. The van der Waals surface area contributed by atoms with Gasteiger partial charge in [-0.2, -0.15) is 22.3 Å². The maximum Gasteiger partial charge on any atom is 0.282 e. The monoisotopic (exact) mass is 377 g/mol. The van der Waals surface area contributed by atoms with Gasteiger partial charge in [0.2, 0.25) is 0 Å². The summed E-state index contributed by atoms with van der Waals surface area (Å²) in [6.07, 6.45) is 4.39. The minimum atomic E-state index is -3.55. The summed E-state index contributed by atoms with van der Waals surface area (Å²) in [5.74, 6) is 1.83. The van der Waals surface area contributed by atoms with Gasteiger partial charge in [-0.1, -0.05) is 0 Å². The third-order valence-electron chi connectivity index (χ3n) is 5.51. The highest BCUT2D eigenvalue weighted by Crippen LogP contribution is 2.47. The quantitative estimate of drug-likeness (QED) is 0.781. The first kappa shape index (κ1) is 17.5. The van der Waals surface area contributed by atoms with E-state index in [9.17, 15) is 8.42 Å². The Morgan fingerprint density at radius 2 is 2.19 bits per heavy atom. The molecule has 0 aromatic carbocycles. The van der Waals surface area contributed by atoms with Crippen LogP contribution in [0.4, 0.5) is 11.6 Å². The third kappa shape index (κ3) is 2.80. The van der Waals surface area contributed by atoms with E-state index in [2.05, 4.69) is 20.2 Å². The van der Waals surface area contributed by atoms with Gasteiger partial charge >= 0.3 is 0 Å². The Kier molecular flexibility index (Phi) is 4.25. The van der Waals surface area contributed by atoms with Crippen LogP contribution in [0.25, 0.3) is 0 Å². The summed E-state index contributed by atoms with van der Waals surface area (Å²) in [5.41, 5.74) is 0.785. The van der Waals surface area contributed by atoms with Crippen LogP contribution in [0.3, 0.4) is 0 Å². The molecule has 0 atom stereocenters. The van der Waals surface area contributed by atoms with Crippen LogP contribution in [0.15, 0.2) is 6.33 Å². The SMILES string of the molecule is CN(CCC#N)S(=O)(=O)N1CCN(c2ncnc3c2CCN3)CC12CC2. The van der Waals surface area contributed by atoms with Crippen molar-refractivity contribution in [2.45, 2.75) is 31.2 Å². The van der Waals surface area contributed by atoms with Crippen LogP contribution in [-0.2, 0) is 16.6 Å². The molecule has 10 heteroatoms. The molecule has 3 heterocycles. The van der Waals surface area contributed by atoms with Crippen molar-refractivity contribution < 1.29 is 8.42 Å². The molecule has 0 radical (unpaired) electrons. The highest BCUT2D eigenvalue weighted by Gasteiger charge is 2.56. The molecule has 9 nitrogen and oxygen atoms in total. The molecule has 0 bridgehead atoms. The van der Waals surface area contributed by atoms with Gasteiger partial charge in [-0.05, 0) is 19.3 Å². The van der Waals surface area contributed by atoms with Gasteiger partial charge in [-0.25, -0.2) is 9.97 Å². The number of aromatic nitrogens is 2. The number of rotatable bonds is 5. The van der Waals surface area contributed by atoms with Crippen molar-refractivity contribution in [2.75, 3.05) is 50.0 Å². The molecule has 1 N–H and O–H groups in total. The van der Waals surface area contributed by atoms with Crippen LogP contribution in [-0.4, -0.2) is 72.3 Å². The lowest BCUT2D eigenvalue weighted by molar-refractivity contribution is 0.251. The minimum absolute atomic E-state index is 0.197. The van der Waals surface area contributed by atoms with Crippen LogP contribution in [0.1, 0.15) is 24.8 Å². The molecule has 1 spiro atoms. The number of nitrogens with one attached hydrogen (secondary N) is 1. The molecular formula is C16H23N7O2S. The van der Waals surface area contributed by atoms with E-state index in [1.807, 2.05) is 6.07 Å². The second-order valence-corrected chi connectivity index (χ2v) is 9.12. The average molecular weight is 377 g/mol. The summed E-state index contributed by atoms with van der Waals surface area (Å²) < 4.78 is 28.9. The number of fused-ring (bicyclic) bond motifs is 1. The number of nitrogens with zero attached hydrogens (tertiary/aromatic N) is 6. The zero-order valence-electron chi connectivity index (χ0n) is 14.8. The van der Waals surface area contributed by atoms with Gasteiger partial charge in [0.15, 0.2) is 0 Å². The number of piperazine rings is 1. The second-order valence-electron chi connectivity index (χ2n) is 7.16. The second kappa shape index (κ2) is 6.33. The van der Waals surface area contributed by atoms with E-state index in [4.69, 9.17) is 5.26 Å². The Balaban J connectivity index is 1.55. The van der Waals surface area contributed by atoms with Crippen LogP contribution in [0, 0.1) is 11.3 Å². The summed E-state index contributed by atoms with van der Waals surface area (Å²) in [6, 6.07) is 2.01. The molecule has 0 unspecified atom stereocenters. The highest BCUT2D eigenvalue weighted by atomic mass is 32.2. The van der Waals surface area contributed by atoms with Crippen molar-refractivity contribution in [2.24, 2.45) is 0 Å². The van der Waals surface area contributed by atoms with Crippen molar-refractivity contribution in [1.82, 2.24) is 18.6 Å². The van der Waals surface area contributed by atoms with E-state index in [0.717, 1.165) is 43.0 Å². The third-order valence-corrected chi connectivity index (χ3v) is 7.61. The smallest absolute Gasteiger partial charge is 0.282 e. The van der Waals surface area contributed by atoms with Gasteiger partial charge in [0, 0.05) is 51.8 Å². The van der Waals surface area contributed by atoms with Gasteiger partial charge < -0.3 is 10.2 Å². The van der Waals surface area contributed by atoms with Crippen molar-refractivity contribution >= 4 is 21.8 Å². The molecule has 1 aromatic rings. The van der Waals surface area contributed by atoms with Crippen molar-refractivity contribution in [1.29, 1.82) is 5.26 Å². The van der Waals surface area contributed by atoms with Crippen molar-refractivity contribution in [3.05, 3.63) is 11.9 Å². The van der Waals surface area contributed by atoms with E-state index >= 15 is 0 Å². The van der Waals surface area contributed by atoms with Gasteiger partial charge in [-0.3, -0.25) is 0 Å². The first-order valence-corrected chi connectivity index (χ1v) is 10.3. The highest BCUT2D eigenvalue weighted by molar-refractivity contribution is 7.86. The largest absolute Gasteiger partial charge is 0.369 e. The Morgan fingerprint density at radius 1 is 1.38 bits per heavy atom. The molecule has 4 rings (SSSR count). The number of hydrogen-bond acceptors (Lipinski definition) is 7. The summed E-state index contributed by atoms with van der Waals surface area (Å²) >= 11 is 0. The summed E-state index contributed by atoms with van der Waals surface area (Å²) in [5, 5.41) is 12.0. The Hall–Kier alpha value is -1.96. The maximum atomic E-state index is 13.0. The van der Waals surface area contributed by atoms with Crippen LogP contribution < -0.4 is 10.2 Å². The van der Waals surface area contributed by atoms with Gasteiger partial charge in [0.25, 0.3) is 10.2 Å². The van der Waals surface area contributed by atoms with Crippen LogP contribution in [0.2, 0.25) is 0 Å². The molecule has 1 saturated carbocycles. The van der Waals surface area contributed by atoms with Crippen LogP contribution >= 0.6 is 0 Å². The fraction of sp³-hybridized carbons (Fsp3) is 0.688. The van der Waals surface area contributed by atoms with Crippen molar-refractivity contribution in [3.8, 4) is 6.07 Å². The Labute approximate surface area is 153 Å². The van der Waals surface area contributed by atoms with Crippen molar-refractivity contribution in [3.63, 3.8) is 0 Å². The lowest BCUT2D eigenvalue weighted by atomic mass is 10.1. The minimum Gasteiger partial charge on any atom is -0.369 e. The normalized spacial score (nSPS) is 21.5. The first-order valence-electron chi connectivity index (χ1n) is 8.92. The molecule has 1 aliphatic carbocycles. The molecule has 3 aliphatic rings. The van der Waals surface area contributed by atoms with Crippen LogP contribution in [0.5, 0.6) is 0 Å². The van der Waals surface area contributed by atoms with E-state index < -0.39 is 10.2 Å². The zero-order valence-corrected chi connectivity index (χ0v) is 15.7. The molecule has 2 fully saturated rings. The van der Waals surface area contributed by atoms with Gasteiger partial charge in [-0.15, -0.1) is 0 Å². The predicted molar refractivity (Wildman–Crippen MR) is 96.9 cm³/mol. The summed E-state index contributed by atoms with van der Waals surface area (Å²) in [4.78, 5) is 11.0. The molecule has 0 amide bonds. The standard InChI is InChI=1S/C16H23N7O2S/c1-21(8-2-6-17)26(24,25)23-10-9-22(11-16(23)4-5-16)15-13-3-7-18-14(13)19-12-20-15/h12H,2-5,7-11H2,1H3,(H,18,19,20). The molecule has 26 heavy (non-hydrogen) atoms. The fourth-order valence-corrected chi connectivity index (χ4v) is 5.61. The van der Waals surface area contributed by atoms with Gasteiger partial charge in [0.1, 0.15) is 18.0 Å². The first-order chi connectivity index (χ1) is 12.5. The fourth-order valence-electron chi connectivity index (χ4n) is 3.91. The molecule has 2 aliphatic heterocycles. The summed E-state index contributed by atoms with van der Waals surface area (Å²) in [7, 11) is -2.00. The topological polar surface area (TPSA) is 105 Å². The number of anilines is 2. The van der Waals surface area contributed by atoms with E-state index in [0.29, 0.717) is 19.6 Å². The average Bonchev–Trinajstić information content (AvgIpc) is 3.20. The number of nitriles is 1. The Bertz CT molecular complexity index is 847.